The van der Waals surface area contributed by atoms with E-state index in [1.54, 1.807) is 6.07 Å². The molecule has 0 radical (unpaired) electrons. The van der Waals surface area contributed by atoms with E-state index in [-0.39, 0.29) is 11.3 Å². The number of aliphatic hydroxyl groups excluding tert-OH is 1. The number of aromatic nitrogens is 4. The average molecular weight is 864 g/mol. The number of nitrogens with zero attached hydrogens (tertiary/aromatic N) is 6. The van der Waals surface area contributed by atoms with Crippen molar-refractivity contribution in [3.63, 3.8) is 0 Å². The number of carboxylic acid groups (broad SMARTS) is 1. The number of carboxylic acids is 1. The van der Waals surface area contributed by atoms with Crippen LogP contribution in [0.5, 0.6) is 0 Å². The van der Waals surface area contributed by atoms with Gasteiger partial charge in [-0.2, -0.15) is 0 Å². The van der Waals surface area contributed by atoms with E-state index >= 15 is 0 Å². The second-order valence-electron chi connectivity index (χ2n) is 16.3. The van der Waals surface area contributed by atoms with Crippen LogP contribution in [0, 0.1) is 10.8 Å². The van der Waals surface area contributed by atoms with Gasteiger partial charge in [-0.15, -0.1) is 0 Å². The first-order valence-corrected chi connectivity index (χ1v) is 21.3. The molecule has 0 saturated heterocycles. The number of anilines is 2. The topological polar surface area (TPSA) is 175 Å². The molecule has 8 rings (SSSR count). The number of imidazole rings is 2. The molecule has 16 heteroatoms. The number of halogens is 2. The van der Waals surface area contributed by atoms with Crippen molar-refractivity contribution in [2.24, 2.45) is 24.9 Å². The number of benzene rings is 2. The molecule has 2 saturated carbocycles. The summed E-state index contributed by atoms with van der Waals surface area (Å²) in [6.07, 6.45) is 10.5. The Morgan fingerprint density at radius 3 is 2.00 bits per heavy atom. The zero-order valence-electron chi connectivity index (χ0n) is 34.9. The Bertz CT molecular complexity index is 2210. The van der Waals surface area contributed by atoms with Crippen molar-refractivity contribution in [3.05, 3.63) is 80.9 Å². The van der Waals surface area contributed by atoms with Gasteiger partial charge in [0.1, 0.15) is 6.29 Å². The van der Waals surface area contributed by atoms with Crippen molar-refractivity contribution in [3.8, 4) is 11.1 Å². The SMILES string of the molecule is CNc1cccc(-c2cccc(NC(=O)c3nc4c(n3C)CCN(CCC35CCC(C(=O)O)(CC3)C5)C4)c2Cl)c1Cl.CO.Cn1c(C=O)nc2c1CCN(CCCC=O)C2. The van der Waals surface area contributed by atoms with E-state index < -0.39 is 11.4 Å². The summed E-state index contributed by atoms with van der Waals surface area (Å²) >= 11 is 13.4. The molecule has 2 aliphatic heterocycles. The van der Waals surface area contributed by atoms with Gasteiger partial charge in [-0.3, -0.25) is 24.2 Å². The van der Waals surface area contributed by atoms with E-state index in [1.165, 1.54) is 5.69 Å². The Kier molecular flexibility index (Phi) is 14.5. The van der Waals surface area contributed by atoms with Crippen LogP contribution in [0.3, 0.4) is 0 Å². The molecule has 2 aromatic carbocycles. The van der Waals surface area contributed by atoms with E-state index in [4.69, 9.17) is 33.3 Å². The molecule has 4 heterocycles. The zero-order chi connectivity index (χ0) is 43.2. The quantitative estimate of drug-likeness (QED) is 0.0837. The third-order valence-corrected chi connectivity index (χ3v) is 13.8. The number of amides is 1. The smallest absolute Gasteiger partial charge is 0.309 e. The lowest BCUT2D eigenvalue weighted by Gasteiger charge is -2.32. The van der Waals surface area contributed by atoms with Crippen molar-refractivity contribution in [2.45, 2.75) is 77.3 Å². The maximum atomic E-state index is 13.4. The van der Waals surface area contributed by atoms with Gasteiger partial charge >= 0.3 is 5.97 Å². The van der Waals surface area contributed by atoms with E-state index in [1.807, 2.05) is 60.6 Å². The molecule has 2 fully saturated rings. The molecule has 0 spiro atoms. The van der Waals surface area contributed by atoms with Crippen LogP contribution in [0.15, 0.2) is 36.4 Å². The van der Waals surface area contributed by atoms with Gasteiger partial charge in [0, 0.05) is 96.2 Å². The lowest BCUT2D eigenvalue weighted by molar-refractivity contribution is -0.148. The first-order chi connectivity index (χ1) is 28.9. The van der Waals surface area contributed by atoms with Crippen molar-refractivity contribution in [1.29, 1.82) is 0 Å². The van der Waals surface area contributed by atoms with E-state index in [0.29, 0.717) is 40.3 Å². The molecule has 4 aliphatic rings. The van der Waals surface area contributed by atoms with Crippen LogP contribution >= 0.6 is 23.2 Å². The molecular formula is C44H56Cl2N8O6. The molecule has 2 bridgehead atoms. The van der Waals surface area contributed by atoms with Crippen molar-refractivity contribution < 1.29 is 29.4 Å². The summed E-state index contributed by atoms with van der Waals surface area (Å²) in [5, 5.41) is 23.8. The van der Waals surface area contributed by atoms with Crippen molar-refractivity contribution >= 4 is 59.0 Å². The van der Waals surface area contributed by atoms with E-state index in [0.717, 1.165) is 144 Å². The van der Waals surface area contributed by atoms with E-state index in [2.05, 4.69) is 25.4 Å². The van der Waals surface area contributed by atoms with Gasteiger partial charge in [-0.1, -0.05) is 47.5 Å². The first kappa shape index (κ1) is 44.9. The Balaban J connectivity index is 0.000000265. The Morgan fingerprint density at radius 1 is 0.833 bits per heavy atom. The fourth-order valence-corrected chi connectivity index (χ4v) is 10.2. The van der Waals surface area contributed by atoms with Gasteiger partial charge < -0.3 is 34.8 Å². The van der Waals surface area contributed by atoms with Gasteiger partial charge in [0.05, 0.1) is 38.2 Å². The Labute approximate surface area is 361 Å². The highest BCUT2D eigenvalue weighted by Crippen LogP contribution is 2.63. The van der Waals surface area contributed by atoms with Gasteiger partial charge in [0.25, 0.3) is 5.91 Å². The predicted molar refractivity (Wildman–Crippen MR) is 233 cm³/mol. The van der Waals surface area contributed by atoms with Crippen LogP contribution in [0.2, 0.25) is 10.0 Å². The lowest BCUT2D eigenvalue weighted by Crippen LogP contribution is -2.34. The summed E-state index contributed by atoms with van der Waals surface area (Å²) in [5.74, 6) is -0.0725. The third-order valence-electron chi connectivity index (χ3n) is 13.0. The van der Waals surface area contributed by atoms with Gasteiger partial charge in [0.15, 0.2) is 17.9 Å². The number of hydrogen-bond acceptors (Lipinski definition) is 10. The molecule has 322 valence electrons. The first-order valence-electron chi connectivity index (χ1n) is 20.6. The van der Waals surface area contributed by atoms with Crippen molar-refractivity contribution in [1.82, 2.24) is 28.9 Å². The molecule has 4 aromatic rings. The molecule has 0 atom stereocenters. The maximum absolute atomic E-state index is 13.4. The number of carbonyl (C=O) groups is 4. The highest BCUT2D eigenvalue weighted by atomic mass is 35.5. The predicted octanol–water partition coefficient (Wildman–Crippen LogP) is 6.65. The number of carbonyl (C=O) groups excluding carboxylic acids is 3. The molecule has 2 aromatic heterocycles. The van der Waals surface area contributed by atoms with Crippen LogP contribution in [-0.2, 0) is 49.6 Å². The standard InChI is InChI=1S/C31H35Cl2N5O3.C12H17N3O2.CH4O/c1-34-21-7-3-5-19(25(21)32)20-6-4-8-22(26(20)33)36-28(39)27-35-23-17-38(15-9-24(23)37(27)2)16-14-30-10-12-31(18-30,13-11-30)29(40)41;1-14-11-4-6-15(5-2-3-7-16)8-10(11)13-12(14)9-17;1-2/h3-8,34H,9-18H2,1-2H3,(H,36,39)(H,40,41);7,9H,2-6,8H2,1H3;2H,1H3. The minimum Gasteiger partial charge on any atom is -0.481 e. The van der Waals surface area contributed by atoms with Crippen LogP contribution in [0.1, 0.15) is 95.4 Å². The molecule has 2 aliphatic carbocycles. The van der Waals surface area contributed by atoms with Crippen LogP contribution in [0.4, 0.5) is 11.4 Å². The number of fused-ring (bicyclic) bond motifs is 4. The lowest BCUT2D eigenvalue weighted by atomic mass is 9.80. The highest BCUT2D eigenvalue weighted by Gasteiger charge is 2.57. The summed E-state index contributed by atoms with van der Waals surface area (Å²) in [5.41, 5.74) is 6.65. The number of unbranched alkanes of at least 4 members (excludes halogenated alkanes) is 1. The summed E-state index contributed by atoms with van der Waals surface area (Å²) < 4.78 is 3.77. The summed E-state index contributed by atoms with van der Waals surface area (Å²) in [6, 6.07) is 11.2. The number of aldehydes is 2. The number of aliphatic hydroxyl groups is 1. The largest absolute Gasteiger partial charge is 0.481 e. The Morgan fingerprint density at radius 2 is 1.42 bits per heavy atom. The number of nitrogens with one attached hydrogen (secondary N) is 2. The maximum Gasteiger partial charge on any atom is 0.309 e. The molecule has 14 nitrogen and oxygen atoms in total. The van der Waals surface area contributed by atoms with Crippen LogP contribution < -0.4 is 10.6 Å². The fraction of sp³-hybridized carbons (Fsp3) is 0.500. The number of rotatable bonds is 13. The molecule has 1 amide bonds. The summed E-state index contributed by atoms with van der Waals surface area (Å²) in [7, 11) is 6.58. The zero-order valence-corrected chi connectivity index (χ0v) is 36.4. The molecule has 60 heavy (non-hydrogen) atoms. The molecule has 0 unspecified atom stereocenters. The number of hydrogen-bond donors (Lipinski definition) is 4. The Hall–Kier alpha value is -4.60. The monoisotopic (exact) mass is 862 g/mol. The third kappa shape index (κ3) is 9.18. The minimum absolute atomic E-state index is 0.167. The highest BCUT2D eigenvalue weighted by molar-refractivity contribution is 6.39. The van der Waals surface area contributed by atoms with Gasteiger partial charge in [-0.05, 0) is 75.6 Å². The summed E-state index contributed by atoms with van der Waals surface area (Å²) in [6.45, 7) is 5.19. The molecule has 4 N–H and O–H groups in total. The second kappa shape index (κ2) is 19.4. The second-order valence-corrected chi connectivity index (χ2v) is 17.1. The fourth-order valence-electron chi connectivity index (χ4n) is 9.58. The van der Waals surface area contributed by atoms with Gasteiger partial charge in [0.2, 0.25) is 0 Å². The van der Waals surface area contributed by atoms with Crippen molar-refractivity contribution in [2.75, 3.05) is 51.0 Å². The van der Waals surface area contributed by atoms with Crippen LogP contribution in [-0.4, -0.2) is 104 Å². The van der Waals surface area contributed by atoms with Crippen LogP contribution in [0.25, 0.3) is 11.1 Å². The minimum atomic E-state index is -0.612. The van der Waals surface area contributed by atoms with Gasteiger partial charge in [-0.25, -0.2) is 9.97 Å². The van der Waals surface area contributed by atoms with E-state index in [9.17, 15) is 24.3 Å². The number of aliphatic carboxylic acids is 1. The average Bonchev–Trinajstić information content (AvgIpc) is 4.02. The normalized spacial score (nSPS) is 20.5. The molecular weight excluding hydrogens is 807 g/mol. The summed E-state index contributed by atoms with van der Waals surface area (Å²) in [4.78, 5) is 60.1.